The summed E-state index contributed by atoms with van der Waals surface area (Å²) in [5, 5.41) is 3.86. The number of likely N-dealkylation sites (N-methyl/N-ethyl adjacent to an activating group) is 1. The molecule has 0 bridgehead atoms. The van der Waals surface area contributed by atoms with Crippen LogP contribution in [0.3, 0.4) is 0 Å². The number of rotatable bonds is 5. The quantitative estimate of drug-likeness (QED) is 0.890. The molecule has 1 unspecified atom stereocenters. The average Bonchev–Trinajstić information content (AvgIpc) is 2.93. The molecule has 2 aromatic rings. The lowest BCUT2D eigenvalue weighted by molar-refractivity contribution is -0.117. The minimum absolute atomic E-state index is 0.0728. The number of para-hydroxylation sites is 1. The molecule has 1 aromatic carbocycles. The number of aromatic nitrogens is 1. The third kappa shape index (κ3) is 3.73. The van der Waals surface area contributed by atoms with Crippen LogP contribution in [-0.2, 0) is 14.6 Å². The van der Waals surface area contributed by atoms with Crippen LogP contribution in [-0.4, -0.2) is 54.8 Å². The number of sulfone groups is 1. The molecule has 2 heterocycles. The fourth-order valence-electron chi connectivity index (χ4n) is 3.14. The smallest absolute Gasteiger partial charge is 0.238 e. The second-order valence-corrected chi connectivity index (χ2v) is 8.28. The molecule has 0 radical (unpaired) electrons. The molecule has 7 heteroatoms. The Labute approximate surface area is 141 Å². The highest BCUT2D eigenvalue weighted by Gasteiger charge is 2.32. The van der Waals surface area contributed by atoms with E-state index < -0.39 is 9.84 Å². The van der Waals surface area contributed by atoms with Gasteiger partial charge in [0.1, 0.15) is 0 Å². The maximum Gasteiger partial charge on any atom is 0.238 e. The Morgan fingerprint density at radius 1 is 1.33 bits per heavy atom. The number of hydrogen-bond acceptors (Lipinski definition) is 5. The lowest BCUT2D eigenvalue weighted by atomic mass is 10.2. The van der Waals surface area contributed by atoms with Gasteiger partial charge in [-0.15, -0.1) is 0 Å². The minimum atomic E-state index is -2.96. The summed E-state index contributed by atoms with van der Waals surface area (Å²) in [4.78, 5) is 18.7. The van der Waals surface area contributed by atoms with E-state index in [-0.39, 0.29) is 30.0 Å². The highest BCUT2D eigenvalue weighted by Crippen LogP contribution is 2.21. The van der Waals surface area contributed by atoms with Crippen LogP contribution in [0.5, 0.6) is 0 Å². The van der Waals surface area contributed by atoms with Gasteiger partial charge in [0, 0.05) is 17.6 Å². The maximum absolute atomic E-state index is 12.4. The first-order valence-corrected chi connectivity index (χ1v) is 9.89. The third-order valence-corrected chi connectivity index (χ3v) is 6.13. The number of pyridine rings is 1. The fraction of sp³-hybridized carbons (Fsp3) is 0.412. The summed E-state index contributed by atoms with van der Waals surface area (Å²) >= 11 is 0. The van der Waals surface area contributed by atoms with Gasteiger partial charge in [0.05, 0.1) is 29.3 Å². The van der Waals surface area contributed by atoms with E-state index in [4.69, 9.17) is 0 Å². The molecule has 3 rings (SSSR count). The molecule has 1 amide bonds. The number of fused-ring (bicyclic) bond motifs is 1. The Bertz CT molecular complexity index is 846. The molecule has 1 N–H and O–H groups in total. The Morgan fingerprint density at radius 3 is 2.83 bits per heavy atom. The summed E-state index contributed by atoms with van der Waals surface area (Å²) in [7, 11) is -2.96. The van der Waals surface area contributed by atoms with Gasteiger partial charge in [-0.05, 0) is 25.1 Å². The SMILES string of the molecule is CCN(CC(=O)Nc1cccc2cccnc12)C1CCS(=O)(=O)C1. The first kappa shape index (κ1) is 16.9. The van der Waals surface area contributed by atoms with Crippen LogP contribution < -0.4 is 5.32 Å². The summed E-state index contributed by atoms with van der Waals surface area (Å²) in [5.41, 5.74) is 1.42. The highest BCUT2D eigenvalue weighted by molar-refractivity contribution is 7.91. The second-order valence-electron chi connectivity index (χ2n) is 6.05. The molecular formula is C17H21N3O3S. The van der Waals surface area contributed by atoms with Crippen molar-refractivity contribution in [2.75, 3.05) is 29.9 Å². The van der Waals surface area contributed by atoms with Crippen LogP contribution in [0.4, 0.5) is 5.69 Å². The Morgan fingerprint density at radius 2 is 2.12 bits per heavy atom. The van der Waals surface area contributed by atoms with Gasteiger partial charge in [0.15, 0.2) is 9.84 Å². The molecule has 0 aliphatic carbocycles. The number of carbonyl (C=O) groups excluding carboxylic acids is 1. The number of hydrogen-bond donors (Lipinski definition) is 1. The van der Waals surface area contributed by atoms with Gasteiger partial charge in [-0.1, -0.05) is 25.1 Å². The third-order valence-electron chi connectivity index (χ3n) is 4.38. The van der Waals surface area contributed by atoms with E-state index in [1.165, 1.54) is 0 Å². The number of amides is 1. The van der Waals surface area contributed by atoms with Crippen molar-refractivity contribution in [3.8, 4) is 0 Å². The van der Waals surface area contributed by atoms with Crippen LogP contribution in [0.15, 0.2) is 36.5 Å². The van der Waals surface area contributed by atoms with E-state index >= 15 is 0 Å². The minimum Gasteiger partial charge on any atom is -0.323 e. The van der Waals surface area contributed by atoms with Crippen molar-refractivity contribution in [3.05, 3.63) is 36.5 Å². The zero-order chi connectivity index (χ0) is 17.2. The van der Waals surface area contributed by atoms with Gasteiger partial charge in [-0.3, -0.25) is 14.7 Å². The summed E-state index contributed by atoms with van der Waals surface area (Å²) in [6.07, 6.45) is 2.29. The van der Waals surface area contributed by atoms with Crippen LogP contribution in [0.1, 0.15) is 13.3 Å². The van der Waals surface area contributed by atoms with Gasteiger partial charge in [0.25, 0.3) is 0 Å². The summed E-state index contributed by atoms with van der Waals surface area (Å²) in [6.45, 7) is 2.76. The molecule has 0 saturated carbocycles. The van der Waals surface area contributed by atoms with Crippen LogP contribution in [0.2, 0.25) is 0 Å². The monoisotopic (exact) mass is 347 g/mol. The van der Waals surface area contributed by atoms with Gasteiger partial charge in [-0.25, -0.2) is 8.42 Å². The van der Waals surface area contributed by atoms with E-state index in [1.54, 1.807) is 6.20 Å². The Kier molecular flexibility index (Phi) is 4.82. The first-order valence-electron chi connectivity index (χ1n) is 8.06. The maximum atomic E-state index is 12.4. The predicted octanol–water partition coefficient (Wildman–Crippen LogP) is 1.68. The van der Waals surface area contributed by atoms with Gasteiger partial charge < -0.3 is 5.32 Å². The van der Waals surface area contributed by atoms with Crippen LogP contribution in [0.25, 0.3) is 10.9 Å². The molecule has 0 spiro atoms. The van der Waals surface area contributed by atoms with Crippen molar-refractivity contribution in [1.29, 1.82) is 0 Å². The summed E-state index contributed by atoms with van der Waals surface area (Å²) in [6, 6.07) is 9.37. The average molecular weight is 347 g/mol. The number of nitrogens with one attached hydrogen (secondary N) is 1. The predicted molar refractivity (Wildman–Crippen MR) is 94.7 cm³/mol. The molecular weight excluding hydrogens is 326 g/mol. The zero-order valence-electron chi connectivity index (χ0n) is 13.6. The number of benzene rings is 1. The van der Waals surface area contributed by atoms with Crippen molar-refractivity contribution >= 4 is 32.3 Å². The molecule has 6 nitrogen and oxygen atoms in total. The highest BCUT2D eigenvalue weighted by atomic mass is 32.2. The molecule has 1 aliphatic heterocycles. The van der Waals surface area contributed by atoms with Crippen LogP contribution >= 0.6 is 0 Å². The molecule has 1 fully saturated rings. The lowest BCUT2D eigenvalue weighted by Gasteiger charge is -2.25. The van der Waals surface area contributed by atoms with Crippen LogP contribution in [0, 0.1) is 0 Å². The largest absolute Gasteiger partial charge is 0.323 e. The van der Waals surface area contributed by atoms with E-state index in [2.05, 4.69) is 10.3 Å². The molecule has 128 valence electrons. The van der Waals surface area contributed by atoms with E-state index in [0.717, 1.165) is 10.9 Å². The van der Waals surface area contributed by atoms with Crippen molar-refractivity contribution < 1.29 is 13.2 Å². The number of anilines is 1. The van der Waals surface area contributed by atoms with Crippen molar-refractivity contribution in [3.63, 3.8) is 0 Å². The van der Waals surface area contributed by atoms with Gasteiger partial charge in [0.2, 0.25) is 5.91 Å². The van der Waals surface area contributed by atoms with Crippen molar-refractivity contribution in [2.24, 2.45) is 0 Å². The standard InChI is InChI=1S/C17H21N3O3S/c1-2-20(14-8-10-24(22,23)12-14)11-16(21)19-15-7-3-5-13-6-4-9-18-17(13)15/h3-7,9,14H,2,8,10-12H2,1H3,(H,19,21). The topological polar surface area (TPSA) is 79.4 Å². The Hall–Kier alpha value is -1.99. The van der Waals surface area contributed by atoms with Crippen molar-refractivity contribution in [2.45, 2.75) is 19.4 Å². The van der Waals surface area contributed by atoms with Gasteiger partial charge >= 0.3 is 0 Å². The van der Waals surface area contributed by atoms with E-state index in [0.29, 0.717) is 18.7 Å². The number of nitrogens with zero attached hydrogens (tertiary/aromatic N) is 2. The number of carbonyl (C=O) groups is 1. The molecule has 1 aromatic heterocycles. The van der Waals surface area contributed by atoms with E-state index in [9.17, 15) is 13.2 Å². The first-order chi connectivity index (χ1) is 11.5. The Balaban J connectivity index is 1.70. The summed E-state index contributed by atoms with van der Waals surface area (Å²) < 4.78 is 23.3. The lowest BCUT2D eigenvalue weighted by Crippen LogP contribution is -2.41. The van der Waals surface area contributed by atoms with E-state index in [1.807, 2.05) is 42.2 Å². The molecule has 1 aliphatic rings. The van der Waals surface area contributed by atoms with Crippen molar-refractivity contribution in [1.82, 2.24) is 9.88 Å². The zero-order valence-corrected chi connectivity index (χ0v) is 14.4. The molecule has 1 atom stereocenters. The molecule has 1 saturated heterocycles. The second kappa shape index (κ2) is 6.86. The fourth-order valence-corrected chi connectivity index (χ4v) is 4.90. The van der Waals surface area contributed by atoms with Gasteiger partial charge in [-0.2, -0.15) is 0 Å². The normalized spacial score (nSPS) is 19.7. The molecule has 24 heavy (non-hydrogen) atoms. The summed E-state index contributed by atoms with van der Waals surface area (Å²) in [5.74, 6) is 0.201.